The monoisotopic (exact) mass is 258 g/mol. The maximum Gasteiger partial charge on any atom is 0.328 e. The Labute approximate surface area is 110 Å². The van der Waals surface area contributed by atoms with Crippen molar-refractivity contribution in [1.82, 2.24) is 9.78 Å². The van der Waals surface area contributed by atoms with Crippen molar-refractivity contribution in [2.24, 2.45) is 7.05 Å². The van der Waals surface area contributed by atoms with Crippen LogP contribution in [0.1, 0.15) is 11.1 Å². The summed E-state index contributed by atoms with van der Waals surface area (Å²) in [6.07, 6.45) is 4.24. The summed E-state index contributed by atoms with van der Waals surface area (Å²) in [4.78, 5) is 10.5. The molecular formula is C14H14N2O3. The largest absolute Gasteiger partial charge is 0.478 e. The van der Waals surface area contributed by atoms with Crippen LogP contribution in [0.4, 0.5) is 0 Å². The zero-order valence-electron chi connectivity index (χ0n) is 10.5. The third-order valence-corrected chi connectivity index (χ3v) is 2.45. The average Bonchev–Trinajstić information content (AvgIpc) is 2.75. The summed E-state index contributed by atoms with van der Waals surface area (Å²) in [7, 11) is 1.76. The minimum atomic E-state index is -1.00. The van der Waals surface area contributed by atoms with Gasteiger partial charge < -0.3 is 9.84 Å². The molecule has 0 bridgehead atoms. The molecule has 0 unspecified atom stereocenters. The van der Waals surface area contributed by atoms with Gasteiger partial charge in [0.05, 0.1) is 5.56 Å². The number of aliphatic carboxylic acids is 1. The lowest BCUT2D eigenvalue weighted by Crippen LogP contribution is -1.97. The first-order chi connectivity index (χ1) is 9.15. The minimum Gasteiger partial charge on any atom is -0.478 e. The molecule has 2 rings (SSSR count). The zero-order valence-corrected chi connectivity index (χ0v) is 10.5. The van der Waals surface area contributed by atoms with Gasteiger partial charge in [-0.3, -0.25) is 4.68 Å². The number of rotatable bonds is 5. The van der Waals surface area contributed by atoms with E-state index in [1.165, 1.54) is 6.08 Å². The SMILES string of the molecule is Cn1cc(/C=C/C(=O)O)c(OCc2ccccc2)n1. The fraction of sp³-hybridized carbons (Fsp3) is 0.143. The molecule has 0 saturated carbocycles. The molecule has 1 heterocycles. The summed E-state index contributed by atoms with van der Waals surface area (Å²) >= 11 is 0. The maximum absolute atomic E-state index is 10.5. The Hall–Kier alpha value is -2.56. The lowest BCUT2D eigenvalue weighted by molar-refractivity contribution is -0.131. The van der Waals surface area contributed by atoms with E-state index in [0.717, 1.165) is 11.6 Å². The molecule has 0 aliphatic heterocycles. The fourth-order valence-electron chi connectivity index (χ4n) is 1.60. The predicted molar refractivity (Wildman–Crippen MR) is 70.7 cm³/mol. The third kappa shape index (κ3) is 3.70. The van der Waals surface area contributed by atoms with Gasteiger partial charge in [0.15, 0.2) is 0 Å². The van der Waals surface area contributed by atoms with Gasteiger partial charge in [-0.2, -0.15) is 0 Å². The van der Waals surface area contributed by atoms with E-state index in [9.17, 15) is 4.79 Å². The highest BCUT2D eigenvalue weighted by Gasteiger charge is 2.07. The van der Waals surface area contributed by atoms with E-state index in [1.54, 1.807) is 17.9 Å². The number of aryl methyl sites for hydroxylation is 1. The highest BCUT2D eigenvalue weighted by Crippen LogP contribution is 2.18. The number of aromatic nitrogens is 2. The van der Waals surface area contributed by atoms with Gasteiger partial charge >= 0.3 is 5.97 Å². The Morgan fingerprint density at radius 3 is 2.84 bits per heavy atom. The molecule has 19 heavy (non-hydrogen) atoms. The average molecular weight is 258 g/mol. The van der Waals surface area contributed by atoms with Crippen molar-refractivity contribution in [3.8, 4) is 5.88 Å². The van der Waals surface area contributed by atoms with Crippen molar-refractivity contribution in [3.05, 3.63) is 53.7 Å². The molecule has 5 nitrogen and oxygen atoms in total. The van der Waals surface area contributed by atoms with Crippen molar-refractivity contribution in [3.63, 3.8) is 0 Å². The van der Waals surface area contributed by atoms with Crippen molar-refractivity contribution < 1.29 is 14.6 Å². The first-order valence-electron chi connectivity index (χ1n) is 5.76. The maximum atomic E-state index is 10.5. The highest BCUT2D eigenvalue weighted by atomic mass is 16.5. The third-order valence-electron chi connectivity index (χ3n) is 2.45. The van der Waals surface area contributed by atoms with E-state index in [-0.39, 0.29) is 0 Å². The van der Waals surface area contributed by atoms with Gasteiger partial charge in [-0.1, -0.05) is 30.3 Å². The topological polar surface area (TPSA) is 64.4 Å². The van der Waals surface area contributed by atoms with E-state index in [2.05, 4.69) is 5.10 Å². The summed E-state index contributed by atoms with van der Waals surface area (Å²) in [5, 5.41) is 12.8. The molecule has 0 radical (unpaired) electrons. The first kappa shape index (κ1) is 12.9. The second-order valence-corrected chi connectivity index (χ2v) is 4.01. The first-order valence-corrected chi connectivity index (χ1v) is 5.76. The van der Waals surface area contributed by atoms with Crippen LogP contribution in [0.5, 0.6) is 5.88 Å². The van der Waals surface area contributed by atoms with Crippen LogP contribution in [0.2, 0.25) is 0 Å². The quantitative estimate of drug-likeness (QED) is 0.834. The lowest BCUT2D eigenvalue weighted by Gasteiger charge is -2.03. The summed E-state index contributed by atoms with van der Waals surface area (Å²) in [6.45, 7) is 0.395. The Balaban J connectivity index is 2.09. The van der Waals surface area contributed by atoms with Gasteiger partial charge in [0.2, 0.25) is 5.88 Å². The van der Waals surface area contributed by atoms with Gasteiger partial charge in [-0.25, -0.2) is 4.79 Å². The number of ether oxygens (including phenoxy) is 1. The van der Waals surface area contributed by atoms with Crippen LogP contribution in [0.3, 0.4) is 0 Å². The highest BCUT2D eigenvalue weighted by molar-refractivity contribution is 5.85. The van der Waals surface area contributed by atoms with Gasteiger partial charge in [0.25, 0.3) is 0 Å². The zero-order chi connectivity index (χ0) is 13.7. The molecule has 98 valence electrons. The molecule has 0 amide bonds. The molecule has 1 N–H and O–H groups in total. The number of hydrogen-bond donors (Lipinski definition) is 1. The molecule has 0 aliphatic carbocycles. The van der Waals surface area contributed by atoms with Crippen molar-refractivity contribution in [2.75, 3.05) is 0 Å². The second kappa shape index (κ2) is 5.86. The van der Waals surface area contributed by atoms with Crippen molar-refractivity contribution in [1.29, 1.82) is 0 Å². The summed E-state index contributed by atoms with van der Waals surface area (Å²) in [5.74, 6) is -0.582. The van der Waals surface area contributed by atoms with Crippen LogP contribution in [-0.4, -0.2) is 20.9 Å². The van der Waals surface area contributed by atoms with Crippen LogP contribution < -0.4 is 4.74 Å². The van der Waals surface area contributed by atoms with Gasteiger partial charge in [-0.15, -0.1) is 5.10 Å². The predicted octanol–water partition coefficient (Wildman–Crippen LogP) is 2.10. The number of hydrogen-bond acceptors (Lipinski definition) is 3. The van der Waals surface area contributed by atoms with E-state index in [4.69, 9.17) is 9.84 Å². The van der Waals surface area contributed by atoms with E-state index in [0.29, 0.717) is 18.1 Å². The molecule has 1 aromatic carbocycles. The Morgan fingerprint density at radius 1 is 1.42 bits per heavy atom. The molecule has 1 aromatic heterocycles. The summed E-state index contributed by atoms with van der Waals surface area (Å²) in [5.41, 5.74) is 1.67. The number of benzene rings is 1. The molecule has 0 spiro atoms. The van der Waals surface area contributed by atoms with Crippen LogP contribution >= 0.6 is 0 Å². The summed E-state index contributed by atoms with van der Waals surface area (Å²) in [6, 6.07) is 9.71. The van der Waals surface area contributed by atoms with E-state index < -0.39 is 5.97 Å². The Bertz CT molecular complexity index is 588. The molecule has 0 fully saturated rings. The molecule has 0 atom stereocenters. The number of carboxylic acid groups (broad SMARTS) is 1. The van der Waals surface area contributed by atoms with Gasteiger partial charge in [-0.05, 0) is 11.6 Å². The van der Waals surface area contributed by atoms with Crippen LogP contribution in [0, 0.1) is 0 Å². The minimum absolute atomic E-state index is 0.395. The van der Waals surface area contributed by atoms with E-state index >= 15 is 0 Å². The van der Waals surface area contributed by atoms with Gasteiger partial charge in [0, 0.05) is 19.3 Å². The lowest BCUT2D eigenvalue weighted by atomic mass is 10.2. The molecule has 2 aromatic rings. The summed E-state index contributed by atoms with van der Waals surface area (Å²) < 4.78 is 7.19. The normalized spacial score (nSPS) is 10.8. The Morgan fingerprint density at radius 2 is 2.16 bits per heavy atom. The molecular weight excluding hydrogens is 244 g/mol. The number of carboxylic acids is 1. The molecule has 0 aliphatic rings. The van der Waals surface area contributed by atoms with Gasteiger partial charge in [0.1, 0.15) is 6.61 Å². The Kier molecular flexibility index (Phi) is 3.97. The van der Waals surface area contributed by atoms with Crippen LogP contribution in [-0.2, 0) is 18.4 Å². The molecule has 0 saturated heterocycles. The van der Waals surface area contributed by atoms with Crippen molar-refractivity contribution in [2.45, 2.75) is 6.61 Å². The van der Waals surface area contributed by atoms with E-state index in [1.807, 2.05) is 30.3 Å². The molecule has 5 heteroatoms. The smallest absolute Gasteiger partial charge is 0.328 e. The number of nitrogens with zero attached hydrogens (tertiary/aromatic N) is 2. The standard InChI is InChI=1S/C14H14N2O3/c1-16-9-12(7-8-13(17)18)14(15-16)19-10-11-5-3-2-4-6-11/h2-9H,10H2,1H3,(H,17,18)/b8-7+. The van der Waals surface area contributed by atoms with Crippen molar-refractivity contribution >= 4 is 12.0 Å². The van der Waals surface area contributed by atoms with Crippen LogP contribution in [0.25, 0.3) is 6.08 Å². The van der Waals surface area contributed by atoms with Crippen LogP contribution in [0.15, 0.2) is 42.6 Å². The number of carbonyl (C=O) groups is 1. The second-order valence-electron chi connectivity index (χ2n) is 4.01. The fourth-order valence-corrected chi connectivity index (χ4v) is 1.60.